The molecule has 2 aromatic heterocycles. The zero-order chi connectivity index (χ0) is 14.7. The lowest BCUT2D eigenvalue weighted by Gasteiger charge is -2.14. The molecule has 0 saturated heterocycles. The first-order chi connectivity index (χ1) is 9.45. The summed E-state index contributed by atoms with van der Waals surface area (Å²) in [5.74, 6) is 0.901. The zero-order valence-corrected chi connectivity index (χ0v) is 13.1. The number of pyridine rings is 2. The van der Waals surface area contributed by atoms with Crippen molar-refractivity contribution in [3.63, 3.8) is 0 Å². The molecule has 20 heavy (non-hydrogen) atoms. The topological polar surface area (TPSA) is 25.8 Å². The van der Waals surface area contributed by atoms with Gasteiger partial charge in [0, 0.05) is 29.2 Å². The van der Waals surface area contributed by atoms with Crippen LogP contribution in [0.5, 0.6) is 0 Å². The summed E-state index contributed by atoms with van der Waals surface area (Å²) in [5.41, 5.74) is 6.10. The Balaban J connectivity index is 2.21. The molecule has 2 heterocycles. The second-order valence-corrected chi connectivity index (χ2v) is 6.06. The summed E-state index contributed by atoms with van der Waals surface area (Å²) in [6.07, 6.45) is 2.91. The molecule has 0 saturated carbocycles. The Morgan fingerprint density at radius 2 is 1.75 bits per heavy atom. The maximum Gasteiger partial charge on any atom is 0.0437 e. The Labute approximate surface area is 122 Å². The monoisotopic (exact) mass is 268 g/mol. The number of aromatic nitrogens is 2. The van der Waals surface area contributed by atoms with Gasteiger partial charge in [0.05, 0.1) is 0 Å². The molecule has 0 N–H and O–H groups in total. The fourth-order valence-electron chi connectivity index (χ4n) is 2.47. The highest BCUT2D eigenvalue weighted by molar-refractivity contribution is 5.26. The lowest BCUT2D eigenvalue weighted by molar-refractivity contribution is 0.722. The molecule has 2 nitrogen and oxygen atoms in total. The van der Waals surface area contributed by atoms with Crippen LogP contribution in [0.4, 0.5) is 0 Å². The molecular weight excluding hydrogens is 244 g/mol. The predicted octanol–water partition coefficient (Wildman–Crippen LogP) is 4.56. The van der Waals surface area contributed by atoms with Gasteiger partial charge >= 0.3 is 0 Å². The zero-order valence-electron chi connectivity index (χ0n) is 13.1. The lowest BCUT2D eigenvalue weighted by atomic mass is 9.95. The van der Waals surface area contributed by atoms with Gasteiger partial charge in [0.15, 0.2) is 0 Å². The van der Waals surface area contributed by atoms with Crippen molar-refractivity contribution < 1.29 is 0 Å². The number of rotatable bonds is 4. The van der Waals surface area contributed by atoms with Crippen LogP contribution in [-0.2, 0) is 6.42 Å². The van der Waals surface area contributed by atoms with Crippen LogP contribution >= 0.6 is 0 Å². The van der Waals surface area contributed by atoms with Crippen molar-refractivity contribution >= 4 is 0 Å². The van der Waals surface area contributed by atoms with E-state index in [1.807, 2.05) is 12.3 Å². The van der Waals surface area contributed by atoms with E-state index in [1.54, 1.807) is 0 Å². The maximum atomic E-state index is 4.61. The number of hydrogen-bond acceptors (Lipinski definition) is 2. The van der Waals surface area contributed by atoms with Crippen molar-refractivity contribution in [2.45, 2.75) is 52.9 Å². The van der Waals surface area contributed by atoms with E-state index < -0.39 is 0 Å². The molecule has 0 fully saturated rings. The smallest absolute Gasteiger partial charge is 0.0437 e. The van der Waals surface area contributed by atoms with Crippen LogP contribution in [0.15, 0.2) is 30.5 Å². The SMILES string of the molecule is Cc1ccnc(C(C)Cc2cc(C)nc(C(C)C)c2)c1. The minimum atomic E-state index is 0.428. The summed E-state index contributed by atoms with van der Waals surface area (Å²) in [6.45, 7) is 10.8. The molecule has 0 bridgehead atoms. The molecule has 1 unspecified atom stereocenters. The standard InChI is InChI=1S/C18H24N2/c1-12(2)17-11-16(10-15(5)20-17)9-14(4)18-8-13(3)6-7-19-18/h6-8,10-12,14H,9H2,1-5H3. The van der Waals surface area contributed by atoms with Crippen LogP contribution < -0.4 is 0 Å². The highest BCUT2D eigenvalue weighted by Gasteiger charge is 2.11. The quantitative estimate of drug-likeness (QED) is 0.812. The van der Waals surface area contributed by atoms with E-state index in [1.165, 1.54) is 22.5 Å². The van der Waals surface area contributed by atoms with Gasteiger partial charge in [-0.3, -0.25) is 9.97 Å². The normalized spacial score (nSPS) is 12.7. The van der Waals surface area contributed by atoms with Crippen molar-refractivity contribution in [3.8, 4) is 0 Å². The average molecular weight is 268 g/mol. The van der Waals surface area contributed by atoms with E-state index in [4.69, 9.17) is 0 Å². The molecule has 1 atom stereocenters. The molecule has 0 aliphatic rings. The molecule has 0 spiro atoms. The lowest BCUT2D eigenvalue weighted by Crippen LogP contribution is -2.04. The first-order valence-corrected chi connectivity index (χ1v) is 7.35. The van der Waals surface area contributed by atoms with Crippen molar-refractivity contribution in [2.24, 2.45) is 0 Å². The largest absolute Gasteiger partial charge is 0.261 e. The summed E-state index contributed by atoms with van der Waals surface area (Å²) >= 11 is 0. The molecule has 0 amide bonds. The maximum absolute atomic E-state index is 4.61. The van der Waals surface area contributed by atoms with E-state index in [0.29, 0.717) is 11.8 Å². The first-order valence-electron chi connectivity index (χ1n) is 7.35. The summed E-state index contributed by atoms with van der Waals surface area (Å²) in [4.78, 5) is 9.11. The molecule has 2 heteroatoms. The Bertz CT molecular complexity index is 588. The van der Waals surface area contributed by atoms with Gasteiger partial charge in [-0.25, -0.2) is 0 Å². The van der Waals surface area contributed by atoms with E-state index in [9.17, 15) is 0 Å². The van der Waals surface area contributed by atoms with Gasteiger partial charge in [0.2, 0.25) is 0 Å². The summed E-state index contributed by atoms with van der Waals surface area (Å²) in [5, 5.41) is 0. The Hall–Kier alpha value is -1.70. The third-order valence-electron chi connectivity index (χ3n) is 3.61. The fraction of sp³-hybridized carbons (Fsp3) is 0.444. The van der Waals surface area contributed by atoms with Crippen molar-refractivity contribution in [2.75, 3.05) is 0 Å². The molecule has 2 rings (SSSR count). The predicted molar refractivity (Wildman–Crippen MR) is 84.2 cm³/mol. The van der Waals surface area contributed by atoms with Crippen LogP contribution in [0.25, 0.3) is 0 Å². The van der Waals surface area contributed by atoms with Crippen LogP contribution in [0.1, 0.15) is 60.8 Å². The third kappa shape index (κ3) is 3.66. The van der Waals surface area contributed by atoms with Gasteiger partial charge < -0.3 is 0 Å². The van der Waals surface area contributed by atoms with Gasteiger partial charge in [-0.05, 0) is 61.6 Å². The number of hydrogen-bond donors (Lipinski definition) is 0. The number of nitrogens with zero attached hydrogens (tertiary/aromatic N) is 2. The molecule has 0 aliphatic carbocycles. The molecular formula is C18H24N2. The minimum Gasteiger partial charge on any atom is -0.261 e. The van der Waals surface area contributed by atoms with E-state index in [2.05, 4.69) is 62.8 Å². The van der Waals surface area contributed by atoms with Crippen LogP contribution in [0.3, 0.4) is 0 Å². The highest BCUT2D eigenvalue weighted by Crippen LogP contribution is 2.22. The van der Waals surface area contributed by atoms with E-state index in [-0.39, 0.29) is 0 Å². The number of aryl methyl sites for hydroxylation is 2. The van der Waals surface area contributed by atoms with Crippen molar-refractivity contribution in [1.82, 2.24) is 9.97 Å². The Morgan fingerprint density at radius 3 is 2.40 bits per heavy atom. The van der Waals surface area contributed by atoms with Gasteiger partial charge in [-0.15, -0.1) is 0 Å². The summed E-state index contributed by atoms with van der Waals surface area (Å²) < 4.78 is 0. The molecule has 2 aromatic rings. The minimum absolute atomic E-state index is 0.428. The van der Waals surface area contributed by atoms with Crippen LogP contribution in [-0.4, -0.2) is 9.97 Å². The van der Waals surface area contributed by atoms with E-state index >= 15 is 0 Å². The average Bonchev–Trinajstić information content (AvgIpc) is 2.37. The van der Waals surface area contributed by atoms with Gasteiger partial charge in [0.25, 0.3) is 0 Å². The Morgan fingerprint density at radius 1 is 1.00 bits per heavy atom. The second kappa shape index (κ2) is 6.17. The first kappa shape index (κ1) is 14.7. The summed E-state index contributed by atoms with van der Waals surface area (Å²) in [7, 11) is 0. The van der Waals surface area contributed by atoms with E-state index in [0.717, 1.165) is 12.1 Å². The second-order valence-electron chi connectivity index (χ2n) is 6.06. The molecule has 0 aliphatic heterocycles. The van der Waals surface area contributed by atoms with Gasteiger partial charge in [-0.1, -0.05) is 20.8 Å². The van der Waals surface area contributed by atoms with Crippen LogP contribution in [0, 0.1) is 13.8 Å². The van der Waals surface area contributed by atoms with Gasteiger partial charge in [0.1, 0.15) is 0 Å². The molecule has 0 aromatic carbocycles. The molecule has 0 radical (unpaired) electrons. The fourth-order valence-corrected chi connectivity index (χ4v) is 2.47. The van der Waals surface area contributed by atoms with Gasteiger partial charge in [-0.2, -0.15) is 0 Å². The Kier molecular flexibility index (Phi) is 4.53. The summed E-state index contributed by atoms with van der Waals surface area (Å²) in [6, 6.07) is 8.66. The highest BCUT2D eigenvalue weighted by atomic mass is 14.7. The third-order valence-corrected chi connectivity index (χ3v) is 3.61. The van der Waals surface area contributed by atoms with Crippen LogP contribution in [0.2, 0.25) is 0 Å². The van der Waals surface area contributed by atoms with Crippen molar-refractivity contribution in [1.29, 1.82) is 0 Å². The van der Waals surface area contributed by atoms with Crippen molar-refractivity contribution in [3.05, 3.63) is 58.7 Å². The molecule has 106 valence electrons.